The molecule has 66 heavy (non-hydrogen) atoms. The van der Waals surface area contributed by atoms with E-state index >= 15 is 4.39 Å². The number of hydrogen-bond acceptors (Lipinski definition) is 13. The van der Waals surface area contributed by atoms with Crippen molar-refractivity contribution in [3.63, 3.8) is 0 Å². The van der Waals surface area contributed by atoms with Gasteiger partial charge in [0.1, 0.15) is 18.2 Å². The maximum atomic E-state index is 15.3. The molecule has 11 rings (SSSR count). The molecule has 7 fully saturated rings. The summed E-state index contributed by atoms with van der Waals surface area (Å²) in [5.41, 5.74) is 4.32. The lowest BCUT2D eigenvalue weighted by Crippen LogP contribution is -2.69. The summed E-state index contributed by atoms with van der Waals surface area (Å²) >= 11 is 0. The largest absolute Gasteiger partial charge is 0.389 e. The van der Waals surface area contributed by atoms with Gasteiger partial charge in [-0.3, -0.25) is 50.4 Å². The minimum absolute atomic E-state index is 0.0907. The number of piperidine rings is 4. The number of nitrogens with one attached hydrogen (secondary N) is 5. The minimum Gasteiger partial charge on any atom is -0.389 e. The van der Waals surface area contributed by atoms with Crippen LogP contribution in [0.4, 0.5) is 21.5 Å². The van der Waals surface area contributed by atoms with Crippen molar-refractivity contribution in [2.75, 3.05) is 67.5 Å². The van der Waals surface area contributed by atoms with Crippen molar-refractivity contribution in [1.29, 1.82) is 0 Å². The van der Waals surface area contributed by atoms with Gasteiger partial charge < -0.3 is 25.1 Å². The molecule has 6 unspecified atom stereocenters. The predicted molar refractivity (Wildman–Crippen MR) is 247 cm³/mol. The number of carbonyl (C=O) groups excluding carboxylic acids is 4. The second-order valence-electron chi connectivity index (χ2n) is 20.9. The van der Waals surface area contributed by atoms with E-state index in [2.05, 4.69) is 77.7 Å². The predicted octanol–water partition coefficient (Wildman–Crippen LogP) is 3.17. The number of imide groups is 1. The lowest BCUT2D eigenvalue weighted by Gasteiger charge is -2.47. The van der Waals surface area contributed by atoms with Crippen LogP contribution in [0.25, 0.3) is 0 Å². The first-order valence-corrected chi connectivity index (χ1v) is 24.7. The van der Waals surface area contributed by atoms with Gasteiger partial charge >= 0.3 is 0 Å². The number of aliphatic hydroxyl groups is 1. The van der Waals surface area contributed by atoms with E-state index in [0.29, 0.717) is 49.4 Å². The summed E-state index contributed by atoms with van der Waals surface area (Å²) in [5, 5.41) is 31.7. The summed E-state index contributed by atoms with van der Waals surface area (Å²) in [6.45, 7) is 8.94. The van der Waals surface area contributed by atoms with Crippen molar-refractivity contribution in [2.24, 2.45) is 11.3 Å². The van der Waals surface area contributed by atoms with Gasteiger partial charge in [0.05, 0.1) is 30.4 Å². The van der Waals surface area contributed by atoms with Crippen LogP contribution in [0.15, 0.2) is 54.4 Å². The number of halogens is 1. The molecule has 4 amide bonds. The van der Waals surface area contributed by atoms with Crippen molar-refractivity contribution in [1.82, 2.24) is 41.1 Å². The van der Waals surface area contributed by atoms with Gasteiger partial charge in [0.15, 0.2) is 0 Å². The fourth-order valence-electron chi connectivity index (χ4n) is 12.9. The SMILES string of the molecule is C[C@@]1(O)CCC=C(F)CN2C(=O)C3CNC(Nc4ccc(N5CCC(N6CCC7(CCN(c8ccc9c(c8)CN(C8CCC(=O)NC8=O)C9=O)CC7)C6)CC5)cc4)NC3N2C2CCCC1N2. The van der Waals surface area contributed by atoms with Gasteiger partial charge in [0, 0.05) is 86.9 Å². The van der Waals surface area contributed by atoms with Gasteiger partial charge in [0.2, 0.25) is 17.7 Å². The maximum Gasteiger partial charge on any atom is 0.255 e. The Morgan fingerprint density at radius 3 is 2.38 bits per heavy atom. The zero-order valence-electron chi connectivity index (χ0n) is 38.2. The topological polar surface area (TPSA) is 168 Å². The Hall–Kier alpha value is -4.65. The molecule has 0 saturated carbocycles. The van der Waals surface area contributed by atoms with E-state index in [0.717, 1.165) is 101 Å². The number of allylic oxidation sites excluding steroid dienone is 1. The first-order chi connectivity index (χ1) is 31.9. The van der Waals surface area contributed by atoms with Crippen molar-refractivity contribution < 1.29 is 28.7 Å². The summed E-state index contributed by atoms with van der Waals surface area (Å²) in [4.78, 5) is 60.6. The van der Waals surface area contributed by atoms with Gasteiger partial charge in [-0.1, -0.05) is 6.08 Å². The van der Waals surface area contributed by atoms with Gasteiger partial charge in [-0.2, -0.15) is 5.01 Å². The third kappa shape index (κ3) is 8.27. The second kappa shape index (κ2) is 17.5. The van der Waals surface area contributed by atoms with Crippen LogP contribution in [0, 0.1) is 11.3 Å². The fourth-order valence-corrected chi connectivity index (χ4v) is 12.9. The summed E-state index contributed by atoms with van der Waals surface area (Å²) < 4.78 is 15.3. The van der Waals surface area contributed by atoms with Crippen molar-refractivity contribution in [3.8, 4) is 0 Å². The van der Waals surface area contributed by atoms with Gasteiger partial charge in [-0.25, -0.2) is 4.39 Å². The van der Waals surface area contributed by atoms with Crippen LogP contribution in [0.5, 0.6) is 0 Å². The molecule has 354 valence electrons. The Labute approximate surface area is 386 Å². The molecular weight excluding hydrogens is 842 g/mol. The van der Waals surface area contributed by atoms with E-state index in [1.54, 1.807) is 9.91 Å². The molecule has 7 saturated heterocycles. The number of hydrogen-bond donors (Lipinski definition) is 6. The van der Waals surface area contributed by atoms with Crippen LogP contribution in [0.3, 0.4) is 0 Å². The average molecular weight is 908 g/mol. The monoisotopic (exact) mass is 908 g/mol. The highest BCUT2D eigenvalue weighted by Crippen LogP contribution is 2.44. The second-order valence-corrected chi connectivity index (χ2v) is 20.9. The Morgan fingerprint density at radius 2 is 1.59 bits per heavy atom. The lowest BCUT2D eigenvalue weighted by molar-refractivity contribution is -0.147. The van der Waals surface area contributed by atoms with Gasteiger partial charge in [-0.15, -0.1) is 0 Å². The highest BCUT2D eigenvalue weighted by molar-refractivity contribution is 6.05. The molecule has 7 atom stereocenters. The molecule has 6 N–H and O–H groups in total. The smallest absolute Gasteiger partial charge is 0.255 e. The summed E-state index contributed by atoms with van der Waals surface area (Å²) in [6.07, 6.45) is 10.6. The molecule has 17 heteroatoms. The standard InChI is InChI=1S/C49H66FN11O5/c1-48(66)17-3-4-32(50)29-60-46(65)38-27-51-47(55-43(38)61(60)41-6-2-5-40(48)53-41)52-33-7-9-34(10-8-33)56-21-15-35(16-22-56)58-25-20-49(30-58)18-23-57(24-19-49)36-11-12-37-31(26-36)28-59(45(37)64)39-13-14-42(62)54-44(39)63/h4,7-12,26,35,38-41,43,47,51-53,55,66H,2-3,5-6,13-25,27-30H2,1H3,(H,54,62,63)/t38?,39?,40?,41?,43?,47?,48-/m1/s1. The minimum atomic E-state index is -0.980. The number of hydrazine groups is 1. The zero-order chi connectivity index (χ0) is 45.3. The zero-order valence-corrected chi connectivity index (χ0v) is 38.2. The molecule has 0 aromatic heterocycles. The Balaban J connectivity index is 0.656. The third-order valence-corrected chi connectivity index (χ3v) is 16.8. The maximum absolute atomic E-state index is 15.3. The Morgan fingerprint density at radius 1 is 0.833 bits per heavy atom. The number of carbonyl (C=O) groups is 4. The summed E-state index contributed by atoms with van der Waals surface area (Å²) in [5.74, 6) is -1.58. The molecule has 2 aromatic carbocycles. The quantitative estimate of drug-likeness (QED) is 0.235. The van der Waals surface area contributed by atoms with Gasteiger partial charge in [0.25, 0.3) is 5.91 Å². The summed E-state index contributed by atoms with van der Waals surface area (Å²) in [7, 11) is 0. The number of benzene rings is 2. The van der Waals surface area contributed by atoms with Crippen LogP contribution in [-0.2, 0) is 20.9 Å². The van der Waals surface area contributed by atoms with E-state index in [-0.39, 0.29) is 73.0 Å². The molecule has 9 aliphatic rings. The third-order valence-electron chi connectivity index (χ3n) is 16.8. The molecule has 9 aliphatic heterocycles. The number of amides is 4. The molecule has 9 heterocycles. The molecule has 1 spiro atoms. The summed E-state index contributed by atoms with van der Waals surface area (Å²) in [6, 6.07) is 14.6. The van der Waals surface area contributed by atoms with Crippen LogP contribution < -0.4 is 36.4 Å². The number of fused-ring (bicyclic) bond motifs is 7. The molecule has 16 nitrogen and oxygen atoms in total. The first-order valence-electron chi connectivity index (χ1n) is 24.7. The van der Waals surface area contributed by atoms with E-state index in [9.17, 15) is 24.3 Å². The van der Waals surface area contributed by atoms with E-state index in [4.69, 9.17) is 0 Å². The molecule has 2 aromatic rings. The van der Waals surface area contributed by atoms with Crippen LogP contribution in [-0.4, -0.2) is 143 Å². The molecular formula is C49H66FN11O5. The van der Waals surface area contributed by atoms with E-state index < -0.39 is 11.6 Å². The molecule has 2 bridgehead atoms. The Kier molecular flexibility index (Phi) is 11.6. The van der Waals surface area contributed by atoms with Crippen molar-refractivity contribution in [3.05, 3.63) is 65.5 Å². The molecule has 0 radical (unpaired) electrons. The number of nitrogens with zero attached hydrogens (tertiary/aromatic N) is 6. The van der Waals surface area contributed by atoms with Crippen molar-refractivity contribution >= 4 is 40.7 Å². The normalized spacial score (nSPS) is 33.3. The highest BCUT2D eigenvalue weighted by Gasteiger charge is 2.53. The molecule has 0 aliphatic carbocycles. The first kappa shape index (κ1) is 43.9. The highest BCUT2D eigenvalue weighted by atomic mass is 19.1. The van der Waals surface area contributed by atoms with Crippen LogP contribution in [0.2, 0.25) is 0 Å². The van der Waals surface area contributed by atoms with E-state index in [1.807, 2.05) is 18.0 Å². The lowest BCUT2D eigenvalue weighted by atomic mass is 9.77. The van der Waals surface area contributed by atoms with Crippen LogP contribution in [0.1, 0.15) is 99.9 Å². The number of likely N-dealkylation sites (tertiary alicyclic amines) is 1. The fraction of sp³-hybridized carbons (Fsp3) is 0.633. The Bertz CT molecular complexity index is 2240. The number of rotatable bonds is 6. The van der Waals surface area contributed by atoms with Crippen molar-refractivity contribution in [2.45, 2.75) is 133 Å². The van der Waals surface area contributed by atoms with Gasteiger partial charge in [-0.05, 0) is 138 Å². The average Bonchev–Trinajstić information content (AvgIpc) is 3.96. The van der Waals surface area contributed by atoms with E-state index in [1.165, 1.54) is 18.2 Å². The number of anilines is 3. The van der Waals surface area contributed by atoms with Crippen LogP contribution >= 0.6 is 0 Å².